The van der Waals surface area contributed by atoms with Gasteiger partial charge in [0.1, 0.15) is 12.4 Å². The number of aryl methyl sites for hydroxylation is 1. The van der Waals surface area contributed by atoms with E-state index >= 15 is 0 Å². The third-order valence-corrected chi connectivity index (χ3v) is 3.02. The Morgan fingerprint density at radius 2 is 2.00 bits per heavy atom. The SMILES string of the molecule is Cc1cccc(OCc2coc3c(F)cccc23)c1. The van der Waals surface area contributed by atoms with Crippen molar-refractivity contribution < 1.29 is 13.5 Å². The highest BCUT2D eigenvalue weighted by atomic mass is 19.1. The Kier molecular flexibility index (Phi) is 2.95. The molecular formula is C16H13FO2. The summed E-state index contributed by atoms with van der Waals surface area (Å²) < 4.78 is 24.4. The third-order valence-electron chi connectivity index (χ3n) is 3.02. The monoisotopic (exact) mass is 256 g/mol. The Labute approximate surface area is 110 Å². The quantitative estimate of drug-likeness (QED) is 0.690. The summed E-state index contributed by atoms with van der Waals surface area (Å²) in [5.74, 6) is 0.449. The van der Waals surface area contributed by atoms with E-state index in [0.717, 1.165) is 22.3 Å². The molecule has 0 saturated carbocycles. The summed E-state index contributed by atoms with van der Waals surface area (Å²) in [4.78, 5) is 0. The number of rotatable bonds is 3. The van der Waals surface area contributed by atoms with Gasteiger partial charge in [0.2, 0.25) is 0 Å². The lowest BCUT2D eigenvalue weighted by Crippen LogP contribution is -1.94. The van der Waals surface area contributed by atoms with Crippen molar-refractivity contribution in [3.05, 3.63) is 65.7 Å². The van der Waals surface area contributed by atoms with E-state index < -0.39 is 0 Å². The molecule has 1 heterocycles. The van der Waals surface area contributed by atoms with E-state index in [-0.39, 0.29) is 11.4 Å². The van der Waals surface area contributed by atoms with Crippen LogP contribution in [0.3, 0.4) is 0 Å². The maximum Gasteiger partial charge on any atom is 0.169 e. The van der Waals surface area contributed by atoms with E-state index in [0.29, 0.717) is 6.61 Å². The van der Waals surface area contributed by atoms with E-state index in [1.54, 1.807) is 12.3 Å². The number of benzene rings is 2. The van der Waals surface area contributed by atoms with Crippen LogP contribution in [-0.4, -0.2) is 0 Å². The molecule has 0 radical (unpaired) electrons. The van der Waals surface area contributed by atoms with Gasteiger partial charge in [0.05, 0.1) is 6.26 Å². The predicted molar refractivity (Wildman–Crippen MR) is 71.7 cm³/mol. The zero-order valence-corrected chi connectivity index (χ0v) is 10.5. The first-order chi connectivity index (χ1) is 9.24. The molecule has 0 amide bonds. The number of halogens is 1. The minimum absolute atomic E-state index is 0.283. The van der Waals surface area contributed by atoms with Gasteiger partial charge in [0.15, 0.2) is 11.4 Å². The van der Waals surface area contributed by atoms with Crippen molar-refractivity contribution in [1.82, 2.24) is 0 Å². The molecule has 0 aliphatic rings. The van der Waals surface area contributed by atoms with E-state index in [1.807, 2.05) is 37.3 Å². The lowest BCUT2D eigenvalue weighted by atomic mass is 10.2. The first-order valence-corrected chi connectivity index (χ1v) is 6.08. The molecule has 0 fully saturated rings. The molecule has 0 aliphatic carbocycles. The van der Waals surface area contributed by atoms with Crippen LogP contribution in [0, 0.1) is 12.7 Å². The molecular weight excluding hydrogens is 243 g/mol. The van der Waals surface area contributed by atoms with Crippen LogP contribution in [0.2, 0.25) is 0 Å². The second-order valence-electron chi connectivity index (χ2n) is 4.48. The molecule has 3 rings (SSSR count). The molecule has 2 nitrogen and oxygen atoms in total. The summed E-state index contributed by atoms with van der Waals surface area (Å²) in [5, 5.41) is 0.757. The highest BCUT2D eigenvalue weighted by Crippen LogP contribution is 2.25. The minimum atomic E-state index is -0.348. The van der Waals surface area contributed by atoms with Gasteiger partial charge in [-0.05, 0) is 30.7 Å². The molecule has 0 atom stereocenters. The van der Waals surface area contributed by atoms with E-state index in [9.17, 15) is 4.39 Å². The molecule has 0 N–H and O–H groups in total. The summed E-state index contributed by atoms with van der Waals surface area (Å²) in [7, 11) is 0. The highest BCUT2D eigenvalue weighted by molar-refractivity contribution is 5.81. The van der Waals surface area contributed by atoms with Crippen LogP contribution < -0.4 is 4.74 Å². The fraction of sp³-hybridized carbons (Fsp3) is 0.125. The highest BCUT2D eigenvalue weighted by Gasteiger charge is 2.09. The summed E-state index contributed by atoms with van der Waals surface area (Å²) in [6, 6.07) is 12.7. The van der Waals surface area contributed by atoms with Crippen LogP contribution in [0.1, 0.15) is 11.1 Å². The van der Waals surface area contributed by atoms with Crippen molar-refractivity contribution in [1.29, 1.82) is 0 Å². The van der Waals surface area contributed by atoms with Crippen LogP contribution in [0.15, 0.2) is 53.1 Å². The molecule has 0 bridgehead atoms. The molecule has 0 saturated heterocycles. The predicted octanol–water partition coefficient (Wildman–Crippen LogP) is 4.46. The van der Waals surface area contributed by atoms with E-state index in [2.05, 4.69) is 0 Å². The summed E-state index contributed by atoms with van der Waals surface area (Å²) in [5.41, 5.74) is 2.27. The van der Waals surface area contributed by atoms with Gasteiger partial charge >= 0.3 is 0 Å². The molecule has 96 valence electrons. The van der Waals surface area contributed by atoms with Crippen molar-refractivity contribution in [2.45, 2.75) is 13.5 Å². The molecule has 2 aromatic carbocycles. The molecule has 3 aromatic rings. The summed E-state index contributed by atoms with van der Waals surface area (Å²) in [6.07, 6.45) is 1.55. The van der Waals surface area contributed by atoms with Crippen LogP contribution in [-0.2, 0) is 6.61 Å². The van der Waals surface area contributed by atoms with Gasteiger partial charge in [-0.15, -0.1) is 0 Å². The summed E-state index contributed by atoms with van der Waals surface area (Å²) >= 11 is 0. The van der Waals surface area contributed by atoms with Gasteiger partial charge in [-0.25, -0.2) is 4.39 Å². The molecule has 19 heavy (non-hydrogen) atoms. The van der Waals surface area contributed by atoms with Gasteiger partial charge < -0.3 is 9.15 Å². The Morgan fingerprint density at radius 3 is 2.84 bits per heavy atom. The Hall–Kier alpha value is -2.29. The van der Waals surface area contributed by atoms with Gasteiger partial charge in [-0.2, -0.15) is 0 Å². The van der Waals surface area contributed by atoms with Crippen molar-refractivity contribution >= 4 is 11.0 Å². The van der Waals surface area contributed by atoms with E-state index in [1.165, 1.54) is 6.07 Å². The van der Waals surface area contributed by atoms with Crippen LogP contribution in [0.4, 0.5) is 4.39 Å². The lowest BCUT2D eigenvalue weighted by Gasteiger charge is -2.05. The molecule has 0 aliphatic heterocycles. The minimum Gasteiger partial charge on any atom is -0.489 e. The Morgan fingerprint density at radius 1 is 1.16 bits per heavy atom. The number of hydrogen-bond donors (Lipinski definition) is 0. The standard InChI is InChI=1S/C16H13FO2/c1-11-4-2-5-13(8-11)18-9-12-10-19-16-14(12)6-3-7-15(16)17/h2-8,10H,9H2,1H3. The largest absolute Gasteiger partial charge is 0.489 e. The molecule has 0 spiro atoms. The maximum atomic E-state index is 13.5. The number of furan rings is 1. The molecule has 0 unspecified atom stereocenters. The number of ether oxygens (including phenoxy) is 1. The summed E-state index contributed by atoms with van der Waals surface area (Å²) in [6.45, 7) is 2.37. The molecule has 1 aromatic heterocycles. The fourth-order valence-corrected chi connectivity index (χ4v) is 2.05. The number of fused-ring (bicyclic) bond motifs is 1. The number of hydrogen-bond acceptors (Lipinski definition) is 2. The first kappa shape index (κ1) is 11.8. The van der Waals surface area contributed by atoms with Crippen molar-refractivity contribution in [3.8, 4) is 5.75 Å². The molecule has 3 heteroatoms. The van der Waals surface area contributed by atoms with Crippen LogP contribution in [0.25, 0.3) is 11.0 Å². The second-order valence-corrected chi connectivity index (χ2v) is 4.48. The topological polar surface area (TPSA) is 22.4 Å². The zero-order valence-electron chi connectivity index (χ0n) is 10.5. The van der Waals surface area contributed by atoms with Crippen LogP contribution >= 0.6 is 0 Å². The van der Waals surface area contributed by atoms with Crippen molar-refractivity contribution in [2.75, 3.05) is 0 Å². The van der Waals surface area contributed by atoms with Crippen molar-refractivity contribution in [3.63, 3.8) is 0 Å². The van der Waals surface area contributed by atoms with Crippen molar-refractivity contribution in [2.24, 2.45) is 0 Å². The number of para-hydroxylation sites is 1. The van der Waals surface area contributed by atoms with Gasteiger partial charge in [-0.3, -0.25) is 0 Å². The zero-order chi connectivity index (χ0) is 13.2. The smallest absolute Gasteiger partial charge is 0.169 e. The lowest BCUT2D eigenvalue weighted by molar-refractivity contribution is 0.306. The average molecular weight is 256 g/mol. The third kappa shape index (κ3) is 2.32. The average Bonchev–Trinajstić information content (AvgIpc) is 2.81. The van der Waals surface area contributed by atoms with Gasteiger partial charge in [-0.1, -0.05) is 24.3 Å². The normalized spacial score (nSPS) is 10.8. The first-order valence-electron chi connectivity index (χ1n) is 6.08. The second kappa shape index (κ2) is 4.76. The van der Waals surface area contributed by atoms with Gasteiger partial charge in [0, 0.05) is 10.9 Å². The fourth-order valence-electron chi connectivity index (χ4n) is 2.05. The Bertz CT molecular complexity index is 716. The van der Waals surface area contributed by atoms with E-state index in [4.69, 9.17) is 9.15 Å². The Balaban J connectivity index is 1.84. The maximum absolute atomic E-state index is 13.5. The van der Waals surface area contributed by atoms with Crippen LogP contribution in [0.5, 0.6) is 5.75 Å². The van der Waals surface area contributed by atoms with Gasteiger partial charge in [0.25, 0.3) is 0 Å².